The van der Waals surface area contributed by atoms with Crippen LogP contribution >= 0.6 is 0 Å². The van der Waals surface area contributed by atoms with E-state index in [1.54, 1.807) is 28.9 Å². The number of rotatable bonds is 4. The van der Waals surface area contributed by atoms with Gasteiger partial charge in [0.25, 0.3) is 5.91 Å². The molecule has 2 aromatic heterocycles. The second kappa shape index (κ2) is 9.06. The van der Waals surface area contributed by atoms with Crippen LogP contribution < -0.4 is 5.32 Å². The fourth-order valence-electron chi connectivity index (χ4n) is 4.01. The maximum atomic E-state index is 13.1. The molecular formula is C24H22F3N5O. The zero-order valence-corrected chi connectivity index (χ0v) is 18.0. The third-order valence-corrected chi connectivity index (χ3v) is 5.72. The predicted octanol–water partition coefficient (Wildman–Crippen LogP) is 5.05. The van der Waals surface area contributed by atoms with E-state index in [1.807, 2.05) is 6.92 Å². The minimum absolute atomic E-state index is 0.300. The Kier molecular flexibility index (Phi) is 6.18. The number of aromatic nitrogens is 3. The summed E-state index contributed by atoms with van der Waals surface area (Å²) in [5.41, 5.74) is 2.21. The van der Waals surface area contributed by atoms with Crippen molar-refractivity contribution in [3.8, 4) is 17.3 Å². The van der Waals surface area contributed by atoms with E-state index in [0.29, 0.717) is 41.8 Å². The number of hydrogen-bond donors (Lipinski definition) is 1. The summed E-state index contributed by atoms with van der Waals surface area (Å²) < 4.78 is 41.0. The standard InChI is InChI=1S/C24H22F3N5O/c1-2-15-9-16(14-28)11-18(10-15)23(33)30-19-5-3-4-8-32-21(19)13-20(31-32)17-6-7-29-22(12-17)24(25,26)27/h6-7,9-13,19H,2-5,8H2,1H3,(H,30,33)/t19-/m1/s1. The molecule has 3 heterocycles. The number of nitriles is 1. The van der Waals surface area contributed by atoms with Gasteiger partial charge in [-0.25, -0.2) is 0 Å². The lowest BCUT2D eigenvalue weighted by molar-refractivity contribution is -0.141. The van der Waals surface area contributed by atoms with Gasteiger partial charge in [-0.1, -0.05) is 6.92 Å². The number of pyridine rings is 1. The summed E-state index contributed by atoms with van der Waals surface area (Å²) in [6, 6.07) is 11.0. The van der Waals surface area contributed by atoms with Crippen LogP contribution in [-0.4, -0.2) is 20.7 Å². The molecule has 0 spiro atoms. The molecular weight excluding hydrogens is 431 g/mol. The maximum Gasteiger partial charge on any atom is 0.433 e. The molecule has 1 atom stereocenters. The Morgan fingerprint density at radius 1 is 1.24 bits per heavy atom. The minimum Gasteiger partial charge on any atom is -0.344 e. The number of halogens is 3. The molecule has 0 bridgehead atoms. The van der Waals surface area contributed by atoms with Crippen LogP contribution in [0, 0.1) is 11.3 Å². The Morgan fingerprint density at radius 2 is 2.06 bits per heavy atom. The van der Waals surface area contributed by atoms with E-state index in [1.165, 1.54) is 6.07 Å². The second-order valence-electron chi connectivity index (χ2n) is 8.01. The van der Waals surface area contributed by atoms with E-state index in [4.69, 9.17) is 0 Å². The minimum atomic E-state index is -4.54. The molecule has 0 radical (unpaired) electrons. The fourth-order valence-corrected chi connectivity index (χ4v) is 4.01. The number of alkyl halides is 3. The highest BCUT2D eigenvalue weighted by Crippen LogP contribution is 2.32. The van der Waals surface area contributed by atoms with Crippen LogP contribution in [0.5, 0.6) is 0 Å². The summed E-state index contributed by atoms with van der Waals surface area (Å²) in [5.74, 6) is -0.300. The van der Waals surface area contributed by atoms with Crippen molar-refractivity contribution >= 4 is 5.91 Å². The SMILES string of the molecule is CCc1cc(C#N)cc(C(=O)N[C@@H]2CCCCn3nc(-c4ccnc(C(F)(F)F)c4)cc32)c1. The van der Waals surface area contributed by atoms with E-state index in [9.17, 15) is 23.2 Å². The van der Waals surface area contributed by atoms with Crippen molar-refractivity contribution in [2.24, 2.45) is 0 Å². The van der Waals surface area contributed by atoms with Gasteiger partial charge in [-0.05, 0) is 67.6 Å². The molecule has 1 amide bonds. The Balaban J connectivity index is 1.64. The second-order valence-corrected chi connectivity index (χ2v) is 8.01. The molecule has 0 aliphatic carbocycles. The molecule has 33 heavy (non-hydrogen) atoms. The number of nitrogens with zero attached hydrogens (tertiary/aromatic N) is 4. The van der Waals surface area contributed by atoms with Crippen molar-refractivity contribution in [2.45, 2.75) is 51.4 Å². The Hall–Kier alpha value is -3.67. The van der Waals surface area contributed by atoms with Crippen molar-refractivity contribution in [3.05, 3.63) is 70.7 Å². The first kappa shape index (κ1) is 22.5. The smallest absolute Gasteiger partial charge is 0.344 e. The van der Waals surface area contributed by atoms with Gasteiger partial charge in [0.1, 0.15) is 5.69 Å². The molecule has 1 aliphatic heterocycles. The first-order chi connectivity index (χ1) is 15.8. The molecule has 9 heteroatoms. The molecule has 0 saturated carbocycles. The van der Waals surface area contributed by atoms with Crippen LogP contribution in [-0.2, 0) is 19.1 Å². The number of carbonyl (C=O) groups is 1. The molecule has 1 aliphatic rings. The van der Waals surface area contributed by atoms with Crippen LogP contribution in [0.3, 0.4) is 0 Å². The van der Waals surface area contributed by atoms with Crippen molar-refractivity contribution in [1.82, 2.24) is 20.1 Å². The molecule has 3 aromatic rings. The third-order valence-electron chi connectivity index (χ3n) is 5.72. The lowest BCUT2D eigenvalue weighted by atomic mass is 10.0. The topological polar surface area (TPSA) is 83.6 Å². The van der Waals surface area contributed by atoms with Gasteiger partial charge in [-0.2, -0.15) is 23.5 Å². The van der Waals surface area contributed by atoms with E-state index >= 15 is 0 Å². The molecule has 0 fully saturated rings. The van der Waals surface area contributed by atoms with Crippen molar-refractivity contribution < 1.29 is 18.0 Å². The van der Waals surface area contributed by atoms with Crippen molar-refractivity contribution in [2.75, 3.05) is 0 Å². The van der Waals surface area contributed by atoms with E-state index in [0.717, 1.165) is 36.4 Å². The average Bonchev–Trinajstić information content (AvgIpc) is 3.15. The molecule has 1 N–H and O–H groups in total. The van der Waals surface area contributed by atoms with E-state index in [-0.39, 0.29) is 11.9 Å². The first-order valence-electron chi connectivity index (χ1n) is 10.7. The van der Waals surface area contributed by atoms with Crippen LogP contribution in [0.25, 0.3) is 11.3 Å². The summed E-state index contributed by atoms with van der Waals surface area (Å²) in [7, 11) is 0. The lowest BCUT2D eigenvalue weighted by Crippen LogP contribution is -2.29. The van der Waals surface area contributed by atoms with Gasteiger partial charge < -0.3 is 5.32 Å². The summed E-state index contributed by atoms with van der Waals surface area (Å²) in [5, 5.41) is 16.8. The van der Waals surface area contributed by atoms with Gasteiger partial charge in [0.2, 0.25) is 0 Å². The van der Waals surface area contributed by atoms with Gasteiger partial charge in [-0.3, -0.25) is 14.5 Å². The third kappa shape index (κ3) is 4.90. The molecule has 170 valence electrons. The fraction of sp³-hybridized carbons (Fsp3) is 0.333. The molecule has 1 aromatic carbocycles. The summed E-state index contributed by atoms with van der Waals surface area (Å²) in [6.45, 7) is 2.57. The normalized spacial score (nSPS) is 15.9. The van der Waals surface area contributed by atoms with Gasteiger partial charge in [0.15, 0.2) is 0 Å². The maximum absolute atomic E-state index is 13.1. The highest BCUT2D eigenvalue weighted by atomic mass is 19.4. The monoisotopic (exact) mass is 453 g/mol. The van der Waals surface area contributed by atoms with Crippen LogP contribution in [0.2, 0.25) is 0 Å². The van der Waals surface area contributed by atoms with Gasteiger partial charge in [0, 0.05) is 23.9 Å². The van der Waals surface area contributed by atoms with Gasteiger partial charge >= 0.3 is 6.18 Å². The number of fused-ring (bicyclic) bond motifs is 1. The summed E-state index contributed by atoms with van der Waals surface area (Å²) in [6.07, 6.45) is -0.334. The molecule has 4 rings (SSSR count). The van der Waals surface area contributed by atoms with Crippen LogP contribution in [0.1, 0.15) is 65.1 Å². The Labute approximate surface area is 189 Å². The first-order valence-corrected chi connectivity index (χ1v) is 10.7. The number of carbonyl (C=O) groups excluding carboxylic acids is 1. The lowest BCUT2D eigenvalue weighted by Gasteiger charge is -2.17. The van der Waals surface area contributed by atoms with E-state index < -0.39 is 11.9 Å². The number of nitrogens with one attached hydrogen (secondary N) is 1. The number of amides is 1. The summed E-state index contributed by atoms with van der Waals surface area (Å²) in [4.78, 5) is 16.4. The highest BCUT2D eigenvalue weighted by Gasteiger charge is 2.33. The van der Waals surface area contributed by atoms with Crippen LogP contribution in [0.15, 0.2) is 42.6 Å². The van der Waals surface area contributed by atoms with Crippen LogP contribution in [0.4, 0.5) is 13.2 Å². The number of aryl methyl sites for hydroxylation is 2. The quantitative estimate of drug-likeness (QED) is 0.599. The Morgan fingerprint density at radius 3 is 2.79 bits per heavy atom. The molecule has 0 unspecified atom stereocenters. The number of benzene rings is 1. The van der Waals surface area contributed by atoms with Crippen molar-refractivity contribution in [3.63, 3.8) is 0 Å². The Bertz CT molecular complexity index is 1230. The van der Waals surface area contributed by atoms with Crippen molar-refractivity contribution in [1.29, 1.82) is 5.26 Å². The summed E-state index contributed by atoms with van der Waals surface area (Å²) >= 11 is 0. The number of hydrogen-bond acceptors (Lipinski definition) is 4. The largest absolute Gasteiger partial charge is 0.433 e. The zero-order valence-electron chi connectivity index (χ0n) is 18.0. The van der Waals surface area contributed by atoms with Gasteiger partial charge in [0.05, 0.1) is 29.1 Å². The van der Waals surface area contributed by atoms with Gasteiger partial charge in [-0.15, -0.1) is 0 Å². The highest BCUT2D eigenvalue weighted by molar-refractivity contribution is 5.95. The molecule has 0 saturated heterocycles. The zero-order chi connectivity index (χ0) is 23.6. The average molecular weight is 453 g/mol. The predicted molar refractivity (Wildman–Crippen MR) is 115 cm³/mol. The molecule has 6 nitrogen and oxygen atoms in total. The van der Waals surface area contributed by atoms with E-state index in [2.05, 4.69) is 21.5 Å².